The predicted octanol–water partition coefficient (Wildman–Crippen LogP) is 2.08. The fourth-order valence-electron chi connectivity index (χ4n) is 2.39. The number of rotatable bonds is 4. The monoisotopic (exact) mass is 313 g/mol. The van der Waals surface area contributed by atoms with Gasteiger partial charge in [0.1, 0.15) is 18.2 Å². The van der Waals surface area contributed by atoms with Gasteiger partial charge in [-0.2, -0.15) is 5.26 Å². The number of nitriles is 1. The molecule has 0 aliphatic carbocycles. The highest BCUT2D eigenvalue weighted by atomic mass is 16.6. The van der Waals surface area contributed by atoms with E-state index in [9.17, 15) is 15.2 Å². The molecule has 1 fully saturated rings. The van der Waals surface area contributed by atoms with Crippen LogP contribution in [0.4, 0.5) is 0 Å². The van der Waals surface area contributed by atoms with E-state index in [4.69, 9.17) is 9.47 Å². The van der Waals surface area contributed by atoms with E-state index in [0.29, 0.717) is 18.5 Å². The number of carbonyl (C=O) groups is 1. The van der Waals surface area contributed by atoms with Gasteiger partial charge in [-0.15, -0.1) is 0 Å². The Kier molecular flexibility index (Phi) is 4.26. The van der Waals surface area contributed by atoms with Gasteiger partial charge in [-0.1, -0.05) is 12.1 Å². The van der Waals surface area contributed by atoms with Crippen LogP contribution in [0.1, 0.15) is 18.7 Å². The van der Waals surface area contributed by atoms with Gasteiger partial charge in [0.05, 0.1) is 11.0 Å². The summed E-state index contributed by atoms with van der Waals surface area (Å²) in [6.45, 7) is 0.142. The number of allylic oxidation sites excluding steroid dienone is 1. The van der Waals surface area contributed by atoms with Crippen molar-refractivity contribution in [1.29, 1.82) is 5.26 Å². The number of ether oxygens (including phenoxy) is 2. The first kappa shape index (κ1) is 15.1. The lowest BCUT2D eigenvalue weighted by atomic mass is 10.2. The second kappa shape index (κ2) is 6.50. The van der Waals surface area contributed by atoms with Crippen molar-refractivity contribution in [2.24, 2.45) is 0 Å². The average Bonchev–Trinajstić information content (AvgIpc) is 3.22. The number of fused-ring (bicyclic) bond motifs is 1. The van der Waals surface area contributed by atoms with Gasteiger partial charge in [-0.25, -0.2) is 9.78 Å². The quantitative estimate of drug-likeness (QED) is 0.508. The minimum atomic E-state index is -0.584. The molecule has 1 saturated heterocycles. The number of nitrogens with zero attached hydrogens (tertiary/aromatic N) is 2. The summed E-state index contributed by atoms with van der Waals surface area (Å²) in [5.41, 5.74) is 1.38. The molecule has 0 saturated carbocycles. The van der Waals surface area contributed by atoms with Crippen LogP contribution in [0.3, 0.4) is 0 Å². The summed E-state index contributed by atoms with van der Waals surface area (Å²) in [6, 6.07) is 9.15. The summed E-state index contributed by atoms with van der Waals surface area (Å²) in [6.07, 6.45) is 0.835. The van der Waals surface area contributed by atoms with Crippen LogP contribution in [0.5, 0.6) is 0 Å². The molecule has 0 amide bonds. The van der Waals surface area contributed by atoms with Crippen molar-refractivity contribution in [2.45, 2.75) is 18.9 Å². The Bertz CT molecular complexity index is 764. The Morgan fingerprint density at radius 3 is 3.04 bits per heavy atom. The fourth-order valence-corrected chi connectivity index (χ4v) is 2.39. The molecule has 1 aromatic heterocycles. The summed E-state index contributed by atoms with van der Waals surface area (Å²) >= 11 is 0. The lowest BCUT2D eigenvalue weighted by molar-refractivity contribution is -0.153. The number of nitrogens with one attached hydrogen (secondary N) is 1. The van der Waals surface area contributed by atoms with Crippen LogP contribution in [-0.2, 0) is 14.3 Å². The van der Waals surface area contributed by atoms with Crippen LogP contribution >= 0.6 is 0 Å². The molecule has 0 radical (unpaired) electrons. The van der Waals surface area contributed by atoms with E-state index in [1.807, 2.05) is 24.3 Å². The molecular weight excluding hydrogens is 298 g/mol. The van der Waals surface area contributed by atoms with E-state index in [0.717, 1.165) is 11.9 Å². The van der Waals surface area contributed by atoms with E-state index in [-0.39, 0.29) is 17.2 Å². The number of esters is 1. The van der Waals surface area contributed by atoms with E-state index in [1.165, 1.54) is 0 Å². The van der Waals surface area contributed by atoms with Crippen molar-refractivity contribution in [3.8, 4) is 6.07 Å². The standard InChI is InChI=1S/C16H15N3O4/c17-8-10(15-18-11-4-1-2-5-12(11)19-15)13(20)9-23-16(21)14-6-3-7-22-14/h1-2,4-5,14,20H,3,6-7,9H2,(H,18,19)/t14-/m1/s1. The van der Waals surface area contributed by atoms with E-state index in [2.05, 4.69) is 9.97 Å². The normalized spacial score (nSPS) is 18.5. The number of aromatic amines is 1. The predicted molar refractivity (Wildman–Crippen MR) is 81.2 cm³/mol. The maximum Gasteiger partial charge on any atom is 0.335 e. The zero-order chi connectivity index (χ0) is 16.2. The number of hydrogen-bond acceptors (Lipinski definition) is 6. The number of aliphatic hydroxyl groups excluding tert-OH is 1. The molecule has 3 rings (SSSR count). The highest BCUT2D eigenvalue weighted by Crippen LogP contribution is 2.19. The lowest BCUT2D eigenvalue weighted by Crippen LogP contribution is -2.23. The third-order valence-corrected chi connectivity index (χ3v) is 3.57. The van der Waals surface area contributed by atoms with Gasteiger partial charge in [0.25, 0.3) is 0 Å². The maximum absolute atomic E-state index is 11.8. The van der Waals surface area contributed by atoms with Crippen molar-refractivity contribution < 1.29 is 19.4 Å². The summed E-state index contributed by atoms with van der Waals surface area (Å²) in [5.74, 6) is -0.645. The van der Waals surface area contributed by atoms with Crippen molar-refractivity contribution in [1.82, 2.24) is 9.97 Å². The highest BCUT2D eigenvalue weighted by molar-refractivity contribution is 5.83. The van der Waals surface area contributed by atoms with Gasteiger partial charge in [-0.05, 0) is 25.0 Å². The number of hydrogen-bond donors (Lipinski definition) is 2. The number of benzene rings is 1. The number of para-hydroxylation sites is 2. The number of carbonyl (C=O) groups excluding carboxylic acids is 1. The molecule has 1 aliphatic rings. The van der Waals surface area contributed by atoms with Crippen LogP contribution in [0.2, 0.25) is 0 Å². The third kappa shape index (κ3) is 3.17. The van der Waals surface area contributed by atoms with E-state index in [1.54, 1.807) is 6.07 Å². The van der Waals surface area contributed by atoms with Gasteiger partial charge in [-0.3, -0.25) is 0 Å². The van der Waals surface area contributed by atoms with Crippen molar-refractivity contribution in [2.75, 3.05) is 13.2 Å². The Morgan fingerprint density at radius 2 is 2.35 bits per heavy atom. The largest absolute Gasteiger partial charge is 0.507 e. The molecule has 7 heteroatoms. The highest BCUT2D eigenvalue weighted by Gasteiger charge is 2.25. The molecule has 1 aliphatic heterocycles. The smallest absolute Gasteiger partial charge is 0.335 e. The van der Waals surface area contributed by atoms with Crippen LogP contribution in [0.15, 0.2) is 30.0 Å². The summed E-state index contributed by atoms with van der Waals surface area (Å²) in [4.78, 5) is 19.0. The van der Waals surface area contributed by atoms with Crippen LogP contribution in [-0.4, -0.2) is 40.4 Å². The number of H-pyrrole nitrogens is 1. The van der Waals surface area contributed by atoms with E-state index >= 15 is 0 Å². The minimum Gasteiger partial charge on any atom is -0.507 e. The summed E-state index contributed by atoms with van der Waals surface area (Å²) < 4.78 is 10.2. The molecule has 1 atom stereocenters. The fraction of sp³-hybridized carbons (Fsp3) is 0.312. The molecule has 1 aromatic carbocycles. The average molecular weight is 313 g/mol. The minimum absolute atomic E-state index is 0.0543. The third-order valence-electron chi connectivity index (χ3n) is 3.57. The number of aliphatic hydroxyl groups is 1. The van der Waals surface area contributed by atoms with Gasteiger partial charge < -0.3 is 19.6 Å². The zero-order valence-electron chi connectivity index (χ0n) is 12.3. The first-order valence-corrected chi connectivity index (χ1v) is 7.24. The molecule has 2 aromatic rings. The van der Waals surface area contributed by atoms with E-state index < -0.39 is 18.7 Å². The summed E-state index contributed by atoms with van der Waals surface area (Å²) in [7, 11) is 0. The molecule has 2 heterocycles. The van der Waals surface area contributed by atoms with Gasteiger partial charge in [0.15, 0.2) is 17.7 Å². The Morgan fingerprint density at radius 1 is 1.52 bits per heavy atom. The SMILES string of the molecule is N#CC(=C(O)COC(=O)[C@H]1CCCO1)c1nc2ccccc2[nH]1. The maximum atomic E-state index is 11.8. The second-order valence-corrected chi connectivity index (χ2v) is 5.15. The lowest BCUT2D eigenvalue weighted by Gasteiger charge is -2.09. The molecule has 7 nitrogen and oxygen atoms in total. The van der Waals surface area contributed by atoms with Crippen molar-refractivity contribution >= 4 is 22.6 Å². The van der Waals surface area contributed by atoms with Gasteiger partial charge in [0, 0.05) is 6.61 Å². The molecule has 23 heavy (non-hydrogen) atoms. The Labute approximate surface area is 132 Å². The second-order valence-electron chi connectivity index (χ2n) is 5.15. The molecule has 0 bridgehead atoms. The number of imidazole rings is 1. The Balaban J connectivity index is 1.76. The van der Waals surface area contributed by atoms with Gasteiger partial charge >= 0.3 is 5.97 Å². The van der Waals surface area contributed by atoms with Crippen LogP contribution in [0.25, 0.3) is 16.6 Å². The first-order chi connectivity index (χ1) is 11.2. The van der Waals surface area contributed by atoms with Crippen LogP contribution in [0, 0.1) is 11.3 Å². The van der Waals surface area contributed by atoms with Gasteiger partial charge in [0.2, 0.25) is 0 Å². The summed E-state index contributed by atoms with van der Waals surface area (Å²) in [5, 5.41) is 19.3. The molecular formula is C16H15N3O4. The molecule has 2 N–H and O–H groups in total. The molecule has 0 spiro atoms. The molecule has 0 unspecified atom stereocenters. The molecule has 118 valence electrons. The van der Waals surface area contributed by atoms with Crippen molar-refractivity contribution in [3.05, 3.63) is 35.8 Å². The van der Waals surface area contributed by atoms with Crippen molar-refractivity contribution in [3.63, 3.8) is 0 Å². The topological polar surface area (TPSA) is 108 Å². The number of aromatic nitrogens is 2. The first-order valence-electron chi connectivity index (χ1n) is 7.24. The zero-order valence-corrected chi connectivity index (χ0v) is 12.3. The Hall–Kier alpha value is -2.85. The van der Waals surface area contributed by atoms with Crippen LogP contribution < -0.4 is 0 Å².